The zero-order chi connectivity index (χ0) is 28.6. The van der Waals surface area contributed by atoms with Gasteiger partial charge in [-0.15, -0.1) is 0 Å². The minimum absolute atomic E-state index is 0.205. The first kappa shape index (κ1) is 29.9. The highest BCUT2D eigenvalue weighted by atomic mass is 32.3. The molecule has 206 valence electrons. The van der Waals surface area contributed by atoms with E-state index in [9.17, 15) is 52.8 Å². The molecule has 0 aliphatic rings. The maximum atomic E-state index is 13.3. The highest BCUT2D eigenvalue weighted by Crippen LogP contribution is 2.39. The number of rotatable bonds is 8. The maximum Gasteiger partial charge on any atom is 0.498 e. The van der Waals surface area contributed by atoms with Gasteiger partial charge in [0, 0.05) is 6.42 Å². The van der Waals surface area contributed by atoms with Gasteiger partial charge >= 0.3 is 23.0 Å². The van der Waals surface area contributed by atoms with Crippen LogP contribution in [0.5, 0.6) is 5.75 Å². The van der Waals surface area contributed by atoms with Gasteiger partial charge in [-0.25, -0.2) is 31.1 Å². The van der Waals surface area contributed by atoms with Crippen molar-refractivity contribution in [3.63, 3.8) is 0 Å². The molecule has 0 aliphatic carbocycles. The van der Waals surface area contributed by atoms with Crippen LogP contribution in [0.25, 0.3) is 5.69 Å². The number of esters is 2. The van der Waals surface area contributed by atoms with Crippen LogP contribution in [0.3, 0.4) is 0 Å². The van der Waals surface area contributed by atoms with Crippen molar-refractivity contribution in [2.45, 2.75) is 22.0 Å². The lowest BCUT2D eigenvalue weighted by atomic mass is 10.1. The molecule has 0 N–H and O–H groups in total. The van der Waals surface area contributed by atoms with E-state index in [0.29, 0.717) is 11.8 Å². The molecule has 0 bridgehead atoms. The molecule has 0 unspecified atom stereocenters. The van der Waals surface area contributed by atoms with E-state index >= 15 is 0 Å². The topological polar surface area (TPSA) is 148 Å². The molecule has 0 aliphatic heterocycles. The molecule has 1 heterocycles. The van der Waals surface area contributed by atoms with Gasteiger partial charge in [0.25, 0.3) is 19.7 Å². The van der Waals surface area contributed by atoms with E-state index in [1.165, 1.54) is 19.2 Å². The molecule has 0 radical (unpaired) electrons. The molecular formula is C18H16F6N2O9S2. The van der Waals surface area contributed by atoms with Crippen molar-refractivity contribution < 1.29 is 67.0 Å². The van der Waals surface area contributed by atoms with Gasteiger partial charge < -0.3 is 14.2 Å². The molecule has 0 saturated carbocycles. The molecule has 1 aromatic heterocycles. The van der Waals surface area contributed by atoms with Gasteiger partial charge in [-0.05, 0) is 24.3 Å². The minimum Gasteiger partial charge on any atom is -0.497 e. The van der Waals surface area contributed by atoms with Crippen LogP contribution in [-0.2, 0) is 35.6 Å². The zero-order valence-corrected chi connectivity index (χ0v) is 20.4. The molecule has 1 aromatic carbocycles. The molecule has 0 fully saturated rings. The second kappa shape index (κ2) is 10.2. The Bertz CT molecular complexity index is 1350. The van der Waals surface area contributed by atoms with E-state index in [1.54, 1.807) is 0 Å². The highest BCUT2D eigenvalue weighted by molar-refractivity contribution is 8.09. The first-order chi connectivity index (χ1) is 16.8. The van der Waals surface area contributed by atoms with Gasteiger partial charge in [0.2, 0.25) is 0 Å². The second-order valence-corrected chi connectivity index (χ2v) is 11.4. The van der Waals surface area contributed by atoms with E-state index < -0.39 is 70.6 Å². The summed E-state index contributed by atoms with van der Waals surface area (Å²) >= 11 is 0. The van der Waals surface area contributed by atoms with Crippen molar-refractivity contribution in [2.24, 2.45) is 0 Å². The summed E-state index contributed by atoms with van der Waals surface area (Å²) in [7, 11) is -11.4. The molecule has 2 rings (SSSR count). The average Bonchev–Trinajstić information content (AvgIpc) is 3.19. The van der Waals surface area contributed by atoms with Crippen molar-refractivity contribution in [1.82, 2.24) is 9.78 Å². The Hall–Kier alpha value is -3.35. The number of carbonyl (C=O) groups is 2. The monoisotopic (exact) mass is 582 g/mol. The van der Waals surface area contributed by atoms with Crippen molar-refractivity contribution >= 4 is 31.6 Å². The van der Waals surface area contributed by atoms with Crippen molar-refractivity contribution in [3.8, 4) is 11.4 Å². The number of sulfone groups is 2. The van der Waals surface area contributed by atoms with Gasteiger partial charge in [0.05, 0.1) is 32.7 Å². The summed E-state index contributed by atoms with van der Waals surface area (Å²) in [4.78, 5) is 24.7. The van der Waals surface area contributed by atoms with Gasteiger partial charge in [-0.2, -0.15) is 31.4 Å². The summed E-state index contributed by atoms with van der Waals surface area (Å²) in [5.41, 5.74) is -16.4. The van der Waals surface area contributed by atoms with Crippen LogP contribution in [-0.4, -0.2) is 75.5 Å². The standard InChI is InChI=1S/C18H16F6N2O9S2/c1-33-10-6-4-9(5-7-10)26-11(13(15(27)34-2)14(25-26)16(28)35-3)8-12(36(29,30)17(19,20)21)37(31,32)18(22,23)24/h4-7,12H,8H2,1-3H3. The second-order valence-electron chi connectivity index (χ2n) is 6.88. The van der Waals surface area contributed by atoms with Crippen LogP contribution in [0.15, 0.2) is 24.3 Å². The molecule has 0 atom stereocenters. The number of carbonyl (C=O) groups excluding carboxylic acids is 2. The van der Waals surface area contributed by atoms with Gasteiger partial charge in [-0.1, -0.05) is 0 Å². The van der Waals surface area contributed by atoms with Crippen LogP contribution in [0.2, 0.25) is 0 Å². The first-order valence-electron chi connectivity index (χ1n) is 9.38. The molecule has 2 aromatic rings. The fourth-order valence-corrected chi connectivity index (χ4v) is 6.32. The third kappa shape index (κ3) is 5.50. The summed E-state index contributed by atoms with van der Waals surface area (Å²) in [5, 5.41) is 3.67. The number of halogens is 6. The van der Waals surface area contributed by atoms with Crippen LogP contribution in [0.1, 0.15) is 26.5 Å². The lowest BCUT2D eigenvalue weighted by molar-refractivity contribution is -0.0471. The van der Waals surface area contributed by atoms with Gasteiger partial charge in [0.1, 0.15) is 11.3 Å². The maximum absolute atomic E-state index is 13.3. The van der Waals surface area contributed by atoms with E-state index in [1.807, 2.05) is 0 Å². The van der Waals surface area contributed by atoms with Crippen molar-refractivity contribution in [2.75, 3.05) is 21.3 Å². The van der Waals surface area contributed by atoms with Crippen LogP contribution in [0.4, 0.5) is 26.3 Å². The molecule has 0 amide bonds. The predicted molar refractivity (Wildman–Crippen MR) is 110 cm³/mol. The van der Waals surface area contributed by atoms with E-state index in [-0.39, 0.29) is 11.4 Å². The van der Waals surface area contributed by atoms with Gasteiger partial charge in [0.15, 0.2) is 10.3 Å². The van der Waals surface area contributed by atoms with Crippen molar-refractivity contribution in [1.29, 1.82) is 0 Å². The Balaban J connectivity index is 3.01. The van der Waals surface area contributed by atoms with Crippen molar-refractivity contribution in [3.05, 3.63) is 41.2 Å². The van der Waals surface area contributed by atoms with E-state index in [2.05, 4.69) is 14.6 Å². The normalized spacial score (nSPS) is 12.9. The lowest BCUT2D eigenvalue weighted by Gasteiger charge is -2.21. The number of aromatic nitrogens is 2. The molecule has 0 saturated heterocycles. The largest absolute Gasteiger partial charge is 0.498 e. The molecule has 37 heavy (non-hydrogen) atoms. The number of benzene rings is 1. The Morgan fingerprint density at radius 1 is 0.865 bits per heavy atom. The number of hydrogen-bond donors (Lipinski definition) is 0. The lowest BCUT2D eigenvalue weighted by Crippen LogP contribution is -2.46. The van der Waals surface area contributed by atoms with Gasteiger partial charge in [-0.3, -0.25) is 0 Å². The minimum atomic E-state index is -7.09. The van der Waals surface area contributed by atoms with Crippen LogP contribution in [0, 0.1) is 0 Å². The van der Waals surface area contributed by atoms with E-state index in [4.69, 9.17) is 4.74 Å². The smallest absolute Gasteiger partial charge is 0.497 e. The summed E-state index contributed by atoms with van der Waals surface area (Å²) < 4.78 is 138. The number of methoxy groups -OCH3 is 3. The molecular weight excluding hydrogens is 566 g/mol. The number of alkyl halides is 6. The fourth-order valence-electron chi connectivity index (χ4n) is 2.98. The number of ether oxygens (including phenoxy) is 3. The Kier molecular flexibility index (Phi) is 8.23. The Morgan fingerprint density at radius 3 is 1.70 bits per heavy atom. The number of nitrogens with zero attached hydrogens (tertiary/aromatic N) is 2. The zero-order valence-electron chi connectivity index (χ0n) is 18.7. The Morgan fingerprint density at radius 2 is 1.32 bits per heavy atom. The molecule has 11 nitrogen and oxygen atoms in total. The van der Waals surface area contributed by atoms with Crippen LogP contribution < -0.4 is 4.74 Å². The SMILES string of the molecule is COC(=O)c1nn(-c2ccc(OC)cc2)c(CC(S(=O)(=O)C(F)(F)F)S(=O)(=O)C(F)(F)F)c1C(=O)OC. The summed E-state index contributed by atoms with van der Waals surface area (Å²) in [5.74, 6) is -2.79. The summed E-state index contributed by atoms with van der Waals surface area (Å²) in [6.07, 6.45) is -2.12. The highest BCUT2D eigenvalue weighted by Gasteiger charge is 2.63. The fraction of sp³-hybridized carbons (Fsp3) is 0.389. The number of hydrogen-bond acceptors (Lipinski definition) is 10. The summed E-state index contributed by atoms with van der Waals surface area (Å²) in [6, 6.07) is 4.69. The predicted octanol–water partition coefficient (Wildman–Crippen LogP) is 2.19. The molecule has 0 spiro atoms. The third-order valence-corrected chi connectivity index (χ3v) is 9.29. The average molecular weight is 582 g/mol. The Labute approximate surface area is 204 Å². The van der Waals surface area contributed by atoms with Crippen LogP contribution >= 0.6 is 0 Å². The summed E-state index contributed by atoms with van der Waals surface area (Å²) in [6.45, 7) is 0. The third-order valence-electron chi connectivity index (χ3n) is 4.76. The molecule has 19 heteroatoms. The van der Waals surface area contributed by atoms with E-state index in [0.717, 1.165) is 19.2 Å². The first-order valence-corrected chi connectivity index (χ1v) is 12.5. The quantitative estimate of drug-likeness (QED) is 0.335.